The summed E-state index contributed by atoms with van der Waals surface area (Å²) in [6.45, 7) is 5.33. The van der Waals surface area contributed by atoms with Crippen molar-refractivity contribution in [2.45, 2.75) is 26.4 Å². The molecule has 0 unspecified atom stereocenters. The number of carbonyl (C=O) groups excluding carboxylic acids is 2. The average molecular weight is 343 g/mol. The molecule has 25 heavy (non-hydrogen) atoms. The van der Waals surface area contributed by atoms with Crippen molar-refractivity contribution < 1.29 is 19.1 Å². The molecule has 0 saturated heterocycles. The summed E-state index contributed by atoms with van der Waals surface area (Å²) in [6, 6.07) is 9.96. The number of methoxy groups -OCH3 is 1. The molecule has 2 amide bonds. The van der Waals surface area contributed by atoms with Crippen LogP contribution in [0.15, 0.2) is 42.6 Å². The Morgan fingerprint density at radius 2 is 1.84 bits per heavy atom. The highest BCUT2D eigenvalue weighted by atomic mass is 16.6. The van der Waals surface area contributed by atoms with E-state index < -0.39 is 11.7 Å². The van der Waals surface area contributed by atoms with Gasteiger partial charge in [-0.2, -0.15) is 0 Å². The highest BCUT2D eigenvalue weighted by Gasteiger charge is 2.18. The van der Waals surface area contributed by atoms with Crippen LogP contribution in [0.5, 0.6) is 5.75 Å². The number of aromatic nitrogens is 1. The third kappa shape index (κ3) is 5.49. The monoisotopic (exact) mass is 343 g/mol. The first kappa shape index (κ1) is 18.3. The van der Waals surface area contributed by atoms with E-state index in [2.05, 4.69) is 15.6 Å². The van der Waals surface area contributed by atoms with E-state index in [1.807, 2.05) is 0 Å². The van der Waals surface area contributed by atoms with Crippen molar-refractivity contribution >= 4 is 23.4 Å². The van der Waals surface area contributed by atoms with Gasteiger partial charge in [0.25, 0.3) is 5.91 Å². The number of anilines is 2. The van der Waals surface area contributed by atoms with Crippen molar-refractivity contribution in [2.24, 2.45) is 0 Å². The Bertz CT molecular complexity index is 755. The van der Waals surface area contributed by atoms with Gasteiger partial charge in [-0.05, 0) is 45.0 Å². The lowest BCUT2D eigenvalue weighted by atomic mass is 10.2. The third-order valence-corrected chi connectivity index (χ3v) is 2.99. The van der Waals surface area contributed by atoms with Gasteiger partial charge in [0.15, 0.2) is 0 Å². The number of hydrogen-bond acceptors (Lipinski definition) is 5. The molecule has 1 aromatic heterocycles. The molecule has 2 rings (SSSR count). The van der Waals surface area contributed by atoms with Gasteiger partial charge in [-0.1, -0.05) is 6.07 Å². The Morgan fingerprint density at radius 1 is 1.08 bits per heavy atom. The summed E-state index contributed by atoms with van der Waals surface area (Å²) >= 11 is 0. The minimum atomic E-state index is -0.603. The number of amides is 2. The molecule has 7 nitrogen and oxygen atoms in total. The van der Waals surface area contributed by atoms with Crippen molar-refractivity contribution in [1.82, 2.24) is 4.98 Å². The quantitative estimate of drug-likeness (QED) is 0.884. The van der Waals surface area contributed by atoms with E-state index in [0.29, 0.717) is 22.8 Å². The second-order valence-electron chi connectivity index (χ2n) is 6.21. The van der Waals surface area contributed by atoms with Gasteiger partial charge in [-0.3, -0.25) is 15.1 Å². The largest absolute Gasteiger partial charge is 0.494 e. The summed E-state index contributed by atoms with van der Waals surface area (Å²) in [7, 11) is 1.47. The molecule has 0 aliphatic rings. The highest BCUT2D eigenvalue weighted by Crippen LogP contribution is 2.28. The maximum absolute atomic E-state index is 12.1. The molecule has 0 spiro atoms. The molecule has 0 aliphatic heterocycles. The second kappa shape index (κ2) is 7.65. The molecular weight excluding hydrogens is 322 g/mol. The fraction of sp³-hybridized carbons (Fsp3) is 0.278. The van der Waals surface area contributed by atoms with Crippen LogP contribution in [0.3, 0.4) is 0 Å². The normalized spacial score (nSPS) is 10.7. The zero-order valence-electron chi connectivity index (χ0n) is 14.6. The van der Waals surface area contributed by atoms with Crippen LogP contribution in [-0.4, -0.2) is 29.7 Å². The van der Waals surface area contributed by atoms with E-state index in [4.69, 9.17) is 9.47 Å². The summed E-state index contributed by atoms with van der Waals surface area (Å²) in [5.41, 5.74) is 0.653. The number of nitrogens with one attached hydrogen (secondary N) is 2. The minimum Gasteiger partial charge on any atom is -0.494 e. The summed E-state index contributed by atoms with van der Waals surface area (Å²) < 4.78 is 10.5. The first-order valence-corrected chi connectivity index (χ1v) is 7.69. The SMILES string of the molecule is COc1cc(NC(=O)c2ccccn2)ccc1NC(=O)OC(C)(C)C. The molecule has 0 atom stereocenters. The van der Waals surface area contributed by atoms with Gasteiger partial charge >= 0.3 is 6.09 Å². The van der Waals surface area contributed by atoms with E-state index >= 15 is 0 Å². The molecule has 0 radical (unpaired) electrons. The Morgan fingerprint density at radius 3 is 2.44 bits per heavy atom. The van der Waals surface area contributed by atoms with Gasteiger partial charge < -0.3 is 14.8 Å². The van der Waals surface area contributed by atoms with Gasteiger partial charge in [0.2, 0.25) is 0 Å². The zero-order chi connectivity index (χ0) is 18.4. The highest BCUT2D eigenvalue weighted by molar-refractivity contribution is 6.03. The molecule has 0 saturated carbocycles. The number of benzene rings is 1. The molecule has 0 aliphatic carbocycles. The molecule has 7 heteroatoms. The predicted octanol–water partition coefficient (Wildman–Crippen LogP) is 3.69. The van der Waals surface area contributed by atoms with Crippen LogP contribution in [0.4, 0.5) is 16.2 Å². The minimum absolute atomic E-state index is 0.303. The van der Waals surface area contributed by atoms with Crippen LogP contribution < -0.4 is 15.4 Å². The molecule has 2 aromatic rings. The first-order chi connectivity index (χ1) is 11.8. The van der Waals surface area contributed by atoms with E-state index in [1.165, 1.54) is 7.11 Å². The molecule has 132 valence electrons. The van der Waals surface area contributed by atoms with Gasteiger partial charge in [-0.25, -0.2) is 4.79 Å². The molecular formula is C18H21N3O4. The lowest BCUT2D eigenvalue weighted by molar-refractivity contribution is 0.0635. The number of hydrogen-bond donors (Lipinski definition) is 2. The van der Waals surface area contributed by atoms with E-state index in [-0.39, 0.29) is 5.91 Å². The first-order valence-electron chi connectivity index (χ1n) is 7.69. The molecule has 0 bridgehead atoms. The lowest BCUT2D eigenvalue weighted by Gasteiger charge is -2.20. The number of ether oxygens (including phenoxy) is 2. The summed E-state index contributed by atoms with van der Waals surface area (Å²) in [5.74, 6) is 0.0557. The lowest BCUT2D eigenvalue weighted by Crippen LogP contribution is -2.27. The number of rotatable bonds is 4. The summed E-state index contributed by atoms with van der Waals surface area (Å²) in [5, 5.41) is 5.35. The van der Waals surface area contributed by atoms with Crippen molar-refractivity contribution in [3.8, 4) is 5.75 Å². The van der Waals surface area contributed by atoms with Gasteiger partial charge in [0.05, 0.1) is 12.8 Å². The number of pyridine rings is 1. The number of carbonyl (C=O) groups is 2. The maximum Gasteiger partial charge on any atom is 0.412 e. The average Bonchev–Trinajstić information content (AvgIpc) is 2.55. The van der Waals surface area contributed by atoms with Gasteiger partial charge in [-0.15, -0.1) is 0 Å². The fourth-order valence-corrected chi connectivity index (χ4v) is 1.98. The van der Waals surface area contributed by atoms with Crippen LogP contribution >= 0.6 is 0 Å². The fourth-order valence-electron chi connectivity index (χ4n) is 1.98. The molecule has 1 heterocycles. The van der Waals surface area contributed by atoms with Crippen molar-refractivity contribution in [2.75, 3.05) is 17.7 Å². The van der Waals surface area contributed by atoms with E-state index in [0.717, 1.165) is 0 Å². The topological polar surface area (TPSA) is 89.5 Å². The smallest absolute Gasteiger partial charge is 0.412 e. The van der Waals surface area contributed by atoms with Crippen LogP contribution in [0.1, 0.15) is 31.3 Å². The van der Waals surface area contributed by atoms with E-state index in [1.54, 1.807) is 63.4 Å². The molecule has 1 aromatic carbocycles. The maximum atomic E-state index is 12.1. The second-order valence-corrected chi connectivity index (χ2v) is 6.21. The van der Waals surface area contributed by atoms with Crippen molar-refractivity contribution in [3.63, 3.8) is 0 Å². The van der Waals surface area contributed by atoms with Crippen LogP contribution in [0.25, 0.3) is 0 Å². The zero-order valence-corrected chi connectivity index (χ0v) is 14.6. The Hall–Kier alpha value is -3.09. The Labute approximate surface area is 146 Å². The van der Waals surface area contributed by atoms with Crippen LogP contribution in [0.2, 0.25) is 0 Å². The van der Waals surface area contributed by atoms with Crippen LogP contribution in [-0.2, 0) is 4.74 Å². The van der Waals surface area contributed by atoms with E-state index in [9.17, 15) is 9.59 Å². The van der Waals surface area contributed by atoms with Gasteiger partial charge in [0.1, 0.15) is 17.0 Å². The van der Waals surface area contributed by atoms with Crippen LogP contribution in [0, 0.1) is 0 Å². The predicted molar refractivity (Wildman–Crippen MR) is 95.0 cm³/mol. The van der Waals surface area contributed by atoms with Gasteiger partial charge in [0, 0.05) is 18.0 Å². The molecule has 2 N–H and O–H groups in total. The number of nitrogens with zero attached hydrogens (tertiary/aromatic N) is 1. The third-order valence-electron chi connectivity index (χ3n) is 2.99. The standard InChI is InChI=1S/C18H21N3O4/c1-18(2,3)25-17(23)21-13-9-8-12(11-15(13)24-4)20-16(22)14-7-5-6-10-19-14/h5-11H,1-4H3,(H,20,22)(H,21,23). The summed E-state index contributed by atoms with van der Waals surface area (Å²) in [4.78, 5) is 28.0. The summed E-state index contributed by atoms with van der Waals surface area (Å²) in [6.07, 6.45) is 0.958. The van der Waals surface area contributed by atoms with Crippen molar-refractivity contribution in [3.05, 3.63) is 48.3 Å². The Balaban J connectivity index is 2.11. The molecule has 0 fully saturated rings. The van der Waals surface area contributed by atoms with Crippen molar-refractivity contribution in [1.29, 1.82) is 0 Å². The Kier molecular flexibility index (Phi) is 5.59.